The first-order valence-electron chi connectivity index (χ1n) is 11.3. The summed E-state index contributed by atoms with van der Waals surface area (Å²) in [7, 11) is -3.65. The number of amides is 1. The van der Waals surface area contributed by atoms with Gasteiger partial charge in [-0.15, -0.1) is 0 Å². The topological polar surface area (TPSA) is 138 Å². The first-order valence-corrected chi connectivity index (χ1v) is 13.0. The molecule has 0 radical (unpaired) electrons. The lowest BCUT2D eigenvalue weighted by Gasteiger charge is -2.16. The molecule has 0 spiro atoms. The third kappa shape index (κ3) is 7.77. The van der Waals surface area contributed by atoms with Crippen LogP contribution in [0.1, 0.15) is 41.8 Å². The van der Waals surface area contributed by atoms with Crippen LogP contribution in [0.25, 0.3) is 0 Å². The van der Waals surface area contributed by atoms with E-state index in [0.717, 1.165) is 6.42 Å². The monoisotopic (exact) mass is 537 g/mol. The second-order valence-corrected chi connectivity index (χ2v) is 9.80. The van der Waals surface area contributed by atoms with Crippen LogP contribution in [0.2, 0.25) is 0 Å². The van der Waals surface area contributed by atoms with Crippen molar-refractivity contribution in [1.82, 2.24) is 20.3 Å². The molecule has 0 unspecified atom stereocenters. The number of carbonyl (C=O) groups is 1. The molecule has 14 heteroatoms. The highest BCUT2D eigenvalue weighted by Gasteiger charge is 2.35. The average molecular weight is 538 g/mol. The Labute approximate surface area is 212 Å². The molecule has 0 fully saturated rings. The molecule has 0 bridgehead atoms. The maximum absolute atomic E-state index is 13.6. The van der Waals surface area contributed by atoms with Crippen molar-refractivity contribution in [2.45, 2.75) is 33.0 Å². The van der Waals surface area contributed by atoms with Crippen LogP contribution in [0.5, 0.6) is 0 Å². The van der Waals surface area contributed by atoms with Gasteiger partial charge in [-0.05, 0) is 37.6 Å². The summed E-state index contributed by atoms with van der Waals surface area (Å²) in [5, 5.41) is 8.16. The number of rotatable bonds is 11. The highest BCUT2D eigenvalue weighted by atomic mass is 32.2. The molecule has 0 aliphatic heterocycles. The standard InChI is InChI=1S/C23H26F3N7O3S/c1-3-10-28-21(34)15-7-5-9-17(12-15)31-22-30-14-18(23(24,25)26)20(32-22)29-13-16-8-6-11-27-19(16)33-37(35,36)4-2/h5-9,11-12,14H,3-4,10,13H2,1-2H3,(H,27,33)(H,28,34)(H2,29,30,31,32). The van der Waals surface area contributed by atoms with E-state index in [4.69, 9.17) is 0 Å². The van der Waals surface area contributed by atoms with Gasteiger partial charge in [0.1, 0.15) is 17.2 Å². The van der Waals surface area contributed by atoms with Crippen LogP contribution >= 0.6 is 0 Å². The number of alkyl halides is 3. The number of nitrogens with one attached hydrogen (secondary N) is 4. The molecule has 4 N–H and O–H groups in total. The van der Waals surface area contributed by atoms with Gasteiger partial charge in [0.15, 0.2) is 0 Å². The highest BCUT2D eigenvalue weighted by molar-refractivity contribution is 7.92. The predicted octanol–water partition coefficient (Wildman–Crippen LogP) is 4.15. The zero-order valence-corrected chi connectivity index (χ0v) is 20.9. The second-order valence-electron chi connectivity index (χ2n) is 7.79. The quantitative estimate of drug-likeness (QED) is 0.286. The summed E-state index contributed by atoms with van der Waals surface area (Å²) in [6, 6.07) is 9.42. The molecular formula is C23H26F3N7O3S. The van der Waals surface area contributed by atoms with Crippen molar-refractivity contribution in [3.63, 3.8) is 0 Å². The molecule has 2 heterocycles. The lowest BCUT2D eigenvalue weighted by atomic mass is 10.2. The maximum atomic E-state index is 13.6. The number of nitrogens with zero attached hydrogens (tertiary/aromatic N) is 3. The van der Waals surface area contributed by atoms with Crippen molar-refractivity contribution in [3.05, 3.63) is 65.5 Å². The summed E-state index contributed by atoms with van der Waals surface area (Å²) in [6.07, 6.45) is -1.98. The Kier molecular flexibility index (Phi) is 8.86. The molecule has 198 valence electrons. The third-order valence-electron chi connectivity index (χ3n) is 4.98. The van der Waals surface area contributed by atoms with Crippen LogP contribution in [0.4, 0.5) is 36.4 Å². The van der Waals surface area contributed by atoms with E-state index >= 15 is 0 Å². The number of sulfonamides is 1. The van der Waals surface area contributed by atoms with Gasteiger partial charge in [0.05, 0.1) is 5.75 Å². The predicted molar refractivity (Wildman–Crippen MR) is 134 cm³/mol. The zero-order chi connectivity index (χ0) is 27.1. The van der Waals surface area contributed by atoms with Crippen molar-refractivity contribution in [2.24, 2.45) is 0 Å². The van der Waals surface area contributed by atoms with Crippen LogP contribution < -0.4 is 20.7 Å². The summed E-state index contributed by atoms with van der Waals surface area (Å²) in [6.45, 7) is 3.67. The third-order valence-corrected chi connectivity index (χ3v) is 6.24. The van der Waals surface area contributed by atoms with E-state index in [0.29, 0.717) is 29.6 Å². The fraction of sp³-hybridized carbons (Fsp3) is 0.304. The van der Waals surface area contributed by atoms with E-state index in [2.05, 4.69) is 35.6 Å². The Morgan fingerprint density at radius 2 is 1.84 bits per heavy atom. The molecule has 1 amide bonds. The van der Waals surface area contributed by atoms with Crippen molar-refractivity contribution in [3.8, 4) is 0 Å². The SMILES string of the molecule is CCCNC(=O)c1cccc(Nc2ncc(C(F)(F)F)c(NCc3cccnc3NS(=O)(=O)CC)n2)c1. The lowest BCUT2D eigenvalue weighted by molar-refractivity contribution is -0.137. The number of hydrogen-bond acceptors (Lipinski definition) is 8. The van der Waals surface area contributed by atoms with E-state index in [9.17, 15) is 26.4 Å². The van der Waals surface area contributed by atoms with Crippen molar-refractivity contribution in [2.75, 3.05) is 27.7 Å². The number of hydrogen-bond donors (Lipinski definition) is 4. The smallest absolute Gasteiger partial charge is 0.365 e. The second kappa shape index (κ2) is 11.9. The number of halogens is 3. The largest absolute Gasteiger partial charge is 0.421 e. The Morgan fingerprint density at radius 3 is 2.54 bits per heavy atom. The number of anilines is 4. The molecule has 0 saturated heterocycles. The van der Waals surface area contributed by atoms with Crippen LogP contribution in [0.15, 0.2) is 48.8 Å². The van der Waals surface area contributed by atoms with Crippen molar-refractivity contribution in [1.29, 1.82) is 0 Å². The van der Waals surface area contributed by atoms with Gasteiger partial charge in [-0.1, -0.05) is 19.1 Å². The summed E-state index contributed by atoms with van der Waals surface area (Å²) < 4.78 is 67.1. The Balaban J connectivity index is 1.85. The molecule has 0 atom stereocenters. The van der Waals surface area contributed by atoms with E-state index < -0.39 is 27.6 Å². The fourth-order valence-corrected chi connectivity index (χ4v) is 3.69. The van der Waals surface area contributed by atoms with Gasteiger partial charge in [0.2, 0.25) is 16.0 Å². The molecule has 0 aliphatic rings. The van der Waals surface area contributed by atoms with Crippen LogP contribution in [-0.2, 0) is 22.7 Å². The number of benzene rings is 1. The molecule has 0 saturated carbocycles. The average Bonchev–Trinajstić information content (AvgIpc) is 2.86. The molecule has 2 aromatic heterocycles. The van der Waals surface area contributed by atoms with Crippen molar-refractivity contribution >= 4 is 39.2 Å². The summed E-state index contributed by atoms with van der Waals surface area (Å²) in [5.41, 5.74) is -0.0300. The van der Waals surface area contributed by atoms with Crippen molar-refractivity contribution < 1.29 is 26.4 Å². The Morgan fingerprint density at radius 1 is 1.05 bits per heavy atom. The van der Waals surface area contributed by atoms with Gasteiger partial charge in [0.25, 0.3) is 5.91 Å². The normalized spacial score (nSPS) is 11.6. The number of carbonyl (C=O) groups excluding carboxylic acids is 1. The van der Waals surface area contributed by atoms with Gasteiger partial charge in [0, 0.05) is 42.3 Å². The van der Waals surface area contributed by atoms with Gasteiger partial charge >= 0.3 is 6.18 Å². The molecule has 37 heavy (non-hydrogen) atoms. The summed E-state index contributed by atoms with van der Waals surface area (Å²) >= 11 is 0. The molecule has 1 aromatic carbocycles. The van der Waals surface area contributed by atoms with Gasteiger partial charge < -0.3 is 16.0 Å². The maximum Gasteiger partial charge on any atom is 0.421 e. The molecule has 0 aliphatic carbocycles. The minimum absolute atomic E-state index is 0.00372. The molecule has 3 aromatic rings. The first kappa shape index (κ1) is 27.6. The van der Waals surface area contributed by atoms with Gasteiger partial charge in [-0.2, -0.15) is 18.2 Å². The highest BCUT2D eigenvalue weighted by Crippen LogP contribution is 2.34. The van der Waals surface area contributed by atoms with Gasteiger partial charge in [-0.3, -0.25) is 9.52 Å². The van der Waals surface area contributed by atoms with Crippen LogP contribution in [0, 0.1) is 0 Å². The number of pyridine rings is 1. The first-order chi connectivity index (χ1) is 17.5. The van der Waals surface area contributed by atoms with E-state index in [1.807, 2.05) is 6.92 Å². The minimum Gasteiger partial charge on any atom is -0.365 e. The van der Waals surface area contributed by atoms with E-state index in [1.54, 1.807) is 18.2 Å². The Bertz CT molecular complexity index is 1350. The van der Waals surface area contributed by atoms with E-state index in [-0.39, 0.29) is 30.0 Å². The molecule has 3 rings (SSSR count). The zero-order valence-electron chi connectivity index (χ0n) is 20.1. The fourth-order valence-electron chi connectivity index (χ4n) is 3.06. The van der Waals surface area contributed by atoms with Crippen LogP contribution in [-0.4, -0.2) is 41.6 Å². The van der Waals surface area contributed by atoms with Gasteiger partial charge in [-0.25, -0.2) is 18.4 Å². The number of aromatic nitrogens is 3. The Hall–Kier alpha value is -3.94. The summed E-state index contributed by atoms with van der Waals surface area (Å²) in [5.74, 6) is -1.14. The van der Waals surface area contributed by atoms with Crippen LogP contribution in [0.3, 0.4) is 0 Å². The molecule has 10 nitrogen and oxygen atoms in total. The lowest BCUT2D eigenvalue weighted by Crippen LogP contribution is -2.23. The van der Waals surface area contributed by atoms with E-state index in [1.165, 1.54) is 31.3 Å². The minimum atomic E-state index is -4.75. The molecular weight excluding hydrogens is 511 g/mol. The summed E-state index contributed by atoms with van der Waals surface area (Å²) in [4.78, 5) is 23.9.